The lowest BCUT2D eigenvalue weighted by atomic mass is 10.1. The van der Waals surface area contributed by atoms with E-state index in [-0.39, 0.29) is 29.1 Å². The van der Waals surface area contributed by atoms with E-state index in [1.807, 2.05) is 11.0 Å². The predicted molar refractivity (Wildman–Crippen MR) is 118 cm³/mol. The normalized spacial score (nSPS) is 22.5. The van der Waals surface area contributed by atoms with Crippen LogP contribution < -0.4 is 0 Å². The van der Waals surface area contributed by atoms with Gasteiger partial charge in [-0.1, -0.05) is 42.1 Å². The van der Waals surface area contributed by atoms with Crippen molar-refractivity contribution in [2.75, 3.05) is 43.4 Å². The largest absolute Gasteiger partial charge is 0.416 e. The van der Waals surface area contributed by atoms with Crippen molar-refractivity contribution in [3.05, 3.63) is 41.8 Å². The number of sulfone groups is 1. The summed E-state index contributed by atoms with van der Waals surface area (Å²) in [5.41, 5.74) is 1.29. The van der Waals surface area contributed by atoms with Crippen molar-refractivity contribution in [1.29, 1.82) is 0 Å². The first-order valence-corrected chi connectivity index (χ1v) is 13.4. The highest BCUT2D eigenvalue weighted by molar-refractivity contribution is 7.99. The van der Waals surface area contributed by atoms with Gasteiger partial charge in [0.1, 0.15) is 0 Å². The number of benzene rings is 1. The van der Waals surface area contributed by atoms with Crippen molar-refractivity contribution >= 4 is 27.5 Å². The first kappa shape index (κ1) is 22.3. The van der Waals surface area contributed by atoms with Crippen LogP contribution in [0.3, 0.4) is 0 Å². The third-order valence-electron chi connectivity index (χ3n) is 6.05. The van der Waals surface area contributed by atoms with Crippen LogP contribution in [-0.4, -0.2) is 77.8 Å². The lowest BCUT2D eigenvalue weighted by Crippen LogP contribution is -2.49. The molecule has 8 nitrogen and oxygen atoms in total. The Balaban J connectivity index is 1.21. The van der Waals surface area contributed by atoms with Gasteiger partial charge in [-0.3, -0.25) is 9.69 Å². The van der Waals surface area contributed by atoms with Crippen LogP contribution in [-0.2, 0) is 21.1 Å². The van der Waals surface area contributed by atoms with E-state index >= 15 is 0 Å². The van der Waals surface area contributed by atoms with Gasteiger partial charge >= 0.3 is 0 Å². The Bertz CT molecular complexity index is 988. The first-order valence-electron chi connectivity index (χ1n) is 10.6. The predicted octanol–water partition coefficient (Wildman–Crippen LogP) is 2.04. The summed E-state index contributed by atoms with van der Waals surface area (Å²) in [7, 11) is -2.92. The highest BCUT2D eigenvalue weighted by Gasteiger charge is 2.29. The molecule has 0 unspecified atom stereocenters. The van der Waals surface area contributed by atoms with Gasteiger partial charge in [0, 0.05) is 38.6 Å². The number of hydrogen-bond acceptors (Lipinski definition) is 8. The Labute approximate surface area is 187 Å². The maximum Gasteiger partial charge on any atom is 0.277 e. The molecule has 4 rings (SSSR count). The summed E-state index contributed by atoms with van der Waals surface area (Å²) in [6.07, 6.45) is 1.11. The molecular weight excluding hydrogens is 436 g/mol. The Morgan fingerprint density at radius 2 is 1.94 bits per heavy atom. The van der Waals surface area contributed by atoms with E-state index in [4.69, 9.17) is 4.42 Å². The molecule has 3 heterocycles. The first-order chi connectivity index (χ1) is 14.9. The van der Waals surface area contributed by atoms with Gasteiger partial charge in [0.25, 0.3) is 5.22 Å². The van der Waals surface area contributed by atoms with Crippen LogP contribution in [0, 0.1) is 5.92 Å². The summed E-state index contributed by atoms with van der Waals surface area (Å²) >= 11 is 1.24. The molecule has 1 aromatic carbocycles. The zero-order valence-corrected chi connectivity index (χ0v) is 19.3. The minimum absolute atomic E-state index is 0.0412. The lowest BCUT2D eigenvalue weighted by Gasteiger charge is -2.38. The number of piperazine rings is 1. The molecule has 0 saturated carbocycles. The SMILES string of the molecule is C[C@@H](c1ccccc1)N1CCN(C(=O)CSc2nnc(C[C@H]3CCS(=O)(=O)C3)o2)CC1. The van der Waals surface area contributed by atoms with Gasteiger partial charge in [-0.05, 0) is 24.8 Å². The highest BCUT2D eigenvalue weighted by Crippen LogP contribution is 2.25. The van der Waals surface area contributed by atoms with Crippen LogP contribution >= 0.6 is 11.8 Å². The van der Waals surface area contributed by atoms with Crippen molar-refractivity contribution in [1.82, 2.24) is 20.0 Å². The van der Waals surface area contributed by atoms with Gasteiger partial charge in [-0.25, -0.2) is 8.42 Å². The maximum atomic E-state index is 12.6. The number of thioether (sulfide) groups is 1. The van der Waals surface area contributed by atoms with Crippen molar-refractivity contribution in [3.8, 4) is 0 Å². The van der Waals surface area contributed by atoms with Crippen LogP contribution in [0.2, 0.25) is 0 Å². The minimum Gasteiger partial charge on any atom is -0.416 e. The fraction of sp³-hybridized carbons (Fsp3) is 0.571. The van der Waals surface area contributed by atoms with E-state index in [9.17, 15) is 13.2 Å². The van der Waals surface area contributed by atoms with Gasteiger partial charge in [0.2, 0.25) is 11.8 Å². The number of amides is 1. The molecule has 2 aromatic rings. The fourth-order valence-corrected chi connectivity index (χ4v) is 6.72. The molecule has 168 valence electrons. The summed E-state index contributed by atoms with van der Waals surface area (Å²) in [6.45, 7) is 5.32. The second-order valence-corrected chi connectivity index (χ2v) is 11.4. The van der Waals surface area contributed by atoms with Crippen molar-refractivity contribution < 1.29 is 17.6 Å². The highest BCUT2D eigenvalue weighted by atomic mass is 32.2. The molecule has 0 radical (unpaired) electrons. The van der Waals surface area contributed by atoms with Gasteiger partial charge < -0.3 is 9.32 Å². The summed E-state index contributed by atoms with van der Waals surface area (Å²) in [5, 5.41) is 8.37. The molecule has 1 amide bonds. The number of rotatable bonds is 7. The van der Waals surface area contributed by atoms with Crippen LogP contribution in [0.1, 0.15) is 30.8 Å². The molecule has 0 bridgehead atoms. The van der Waals surface area contributed by atoms with Gasteiger partial charge in [0.05, 0.1) is 17.3 Å². The quantitative estimate of drug-likeness (QED) is 0.575. The second-order valence-electron chi connectivity index (χ2n) is 8.23. The molecule has 2 aliphatic heterocycles. The molecule has 10 heteroatoms. The monoisotopic (exact) mass is 464 g/mol. The van der Waals surface area contributed by atoms with E-state index in [2.05, 4.69) is 46.3 Å². The van der Waals surface area contributed by atoms with Crippen LogP contribution in [0.4, 0.5) is 0 Å². The summed E-state index contributed by atoms with van der Waals surface area (Å²) in [5.74, 6) is 1.23. The molecule has 2 aliphatic rings. The van der Waals surface area contributed by atoms with Gasteiger partial charge in [0.15, 0.2) is 9.84 Å². The van der Waals surface area contributed by atoms with Gasteiger partial charge in [-0.2, -0.15) is 0 Å². The molecule has 31 heavy (non-hydrogen) atoms. The number of aromatic nitrogens is 2. The van der Waals surface area contributed by atoms with Crippen molar-refractivity contribution in [2.45, 2.75) is 31.0 Å². The van der Waals surface area contributed by atoms with Crippen molar-refractivity contribution in [2.24, 2.45) is 5.92 Å². The third kappa shape index (κ3) is 5.87. The van der Waals surface area contributed by atoms with E-state index < -0.39 is 9.84 Å². The fourth-order valence-electron chi connectivity index (χ4n) is 4.17. The average Bonchev–Trinajstić information content (AvgIpc) is 3.37. The molecule has 0 spiro atoms. The summed E-state index contributed by atoms with van der Waals surface area (Å²) in [6, 6.07) is 10.8. The lowest BCUT2D eigenvalue weighted by molar-refractivity contribution is -0.130. The molecule has 2 atom stereocenters. The summed E-state index contributed by atoms with van der Waals surface area (Å²) < 4.78 is 28.8. The molecule has 0 N–H and O–H groups in total. The number of hydrogen-bond donors (Lipinski definition) is 0. The van der Waals surface area contributed by atoms with Crippen LogP contribution in [0.5, 0.6) is 0 Å². The molecule has 0 aliphatic carbocycles. The Kier molecular flexibility index (Phi) is 6.98. The Morgan fingerprint density at radius 1 is 1.19 bits per heavy atom. The Morgan fingerprint density at radius 3 is 2.61 bits per heavy atom. The number of carbonyl (C=O) groups excluding carboxylic acids is 1. The summed E-state index contributed by atoms with van der Waals surface area (Å²) in [4.78, 5) is 16.9. The van der Waals surface area contributed by atoms with E-state index in [0.717, 1.165) is 13.1 Å². The van der Waals surface area contributed by atoms with Gasteiger partial charge in [-0.15, -0.1) is 10.2 Å². The molecule has 2 saturated heterocycles. The molecule has 2 fully saturated rings. The van der Waals surface area contributed by atoms with Crippen LogP contribution in [0.15, 0.2) is 40.0 Å². The minimum atomic E-state index is -2.92. The third-order valence-corrected chi connectivity index (χ3v) is 8.69. The van der Waals surface area contributed by atoms with E-state index in [1.165, 1.54) is 17.3 Å². The smallest absolute Gasteiger partial charge is 0.277 e. The standard InChI is InChI=1S/C21H28N4O4S2/c1-16(18-5-3-2-4-6-18)24-8-10-25(11-9-24)20(26)14-30-21-23-22-19(29-21)13-17-7-12-31(27,28)15-17/h2-6,16-17H,7-15H2,1H3/t16-,17+/m0/s1. The van der Waals surface area contributed by atoms with E-state index in [0.29, 0.717) is 43.1 Å². The van der Waals surface area contributed by atoms with E-state index in [1.54, 1.807) is 0 Å². The zero-order valence-electron chi connectivity index (χ0n) is 17.6. The van der Waals surface area contributed by atoms with Crippen molar-refractivity contribution in [3.63, 3.8) is 0 Å². The number of carbonyl (C=O) groups is 1. The number of nitrogens with zero attached hydrogens (tertiary/aromatic N) is 4. The average molecular weight is 465 g/mol. The second kappa shape index (κ2) is 9.70. The Hall–Kier alpha value is -1.91. The van der Waals surface area contributed by atoms with Crippen LogP contribution in [0.25, 0.3) is 0 Å². The topological polar surface area (TPSA) is 96.6 Å². The zero-order chi connectivity index (χ0) is 21.8. The maximum absolute atomic E-state index is 12.6. The molecular formula is C21H28N4O4S2. The molecule has 1 aromatic heterocycles.